The molecule has 0 aliphatic rings. The molecule has 0 aliphatic heterocycles. The van der Waals surface area contributed by atoms with E-state index in [4.69, 9.17) is 9.52 Å². The molecule has 18 heavy (non-hydrogen) atoms. The minimum Gasteiger partial charge on any atom is -0.451 e. The van der Waals surface area contributed by atoms with Gasteiger partial charge in [-0.05, 0) is 49.6 Å². The van der Waals surface area contributed by atoms with Crippen LogP contribution in [0, 0.1) is 13.8 Å². The van der Waals surface area contributed by atoms with Crippen molar-refractivity contribution in [2.24, 2.45) is 0 Å². The zero-order valence-electron chi connectivity index (χ0n) is 10.6. The highest BCUT2D eigenvalue weighted by atomic mass is 16.3. The Bertz CT molecular complexity index is 533. The molecule has 0 aliphatic carbocycles. The van der Waals surface area contributed by atoms with Gasteiger partial charge in [0.25, 0.3) is 5.91 Å². The molecule has 1 amide bonds. The molecular formula is C14H17NO3. The molecule has 2 N–H and O–H groups in total. The van der Waals surface area contributed by atoms with Crippen LogP contribution in [0.15, 0.2) is 22.6 Å². The summed E-state index contributed by atoms with van der Waals surface area (Å²) in [6.07, 6.45) is 0.546. The molecule has 0 spiro atoms. The number of aliphatic hydroxyl groups is 1. The second kappa shape index (κ2) is 5.23. The maximum absolute atomic E-state index is 11.8. The molecule has 2 aromatic rings. The zero-order chi connectivity index (χ0) is 13.1. The van der Waals surface area contributed by atoms with E-state index < -0.39 is 0 Å². The number of hydrogen-bond donors (Lipinski definition) is 2. The molecule has 0 radical (unpaired) electrons. The first-order chi connectivity index (χ1) is 8.61. The summed E-state index contributed by atoms with van der Waals surface area (Å²) in [4.78, 5) is 11.8. The first-order valence-electron chi connectivity index (χ1n) is 6.01. The summed E-state index contributed by atoms with van der Waals surface area (Å²) >= 11 is 0. The number of carbonyl (C=O) groups excluding carboxylic acids is 1. The number of benzene rings is 1. The molecule has 1 aromatic carbocycles. The van der Waals surface area contributed by atoms with Gasteiger partial charge in [-0.3, -0.25) is 4.79 Å². The average molecular weight is 247 g/mol. The first-order valence-corrected chi connectivity index (χ1v) is 6.01. The summed E-state index contributed by atoms with van der Waals surface area (Å²) in [5.41, 5.74) is 3.05. The van der Waals surface area contributed by atoms with Crippen LogP contribution in [0.1, 0.15) is 28.1 Å². The predicted molar refractivity (Wildman–Crippen MR) is 69.7 cm³/mol. The molecule has 4 nitrogen and oxygen atoms in total. The van der Waals surface area contributed by atoms with Gasteiger partial charge in [-0.15, -0.1) is 0 Å². The van der Waals surface area contributed by atoms with E-state index in [0.29, 0.717) is 18.7 Å². The van der Waals surface area contributed by atoms with Crippen molar-refractivity contribution < 1.29 is 14.3 Å². The highest BCUT2D eigenvalue weighted by molar-refractivity contribution is 5.96. The standard InChI is InChI=1S/C14H17NO3/c1-9-6-11-8-13(14(17)15-4-3-5-16)18-12(11)7-10(9)2/h6-8,16H,3-5H2,1-2H3,(H,15,17). The number of nitrogens with one attached hydrogen (secondary N) is 1. The van der Waals surface area contributed by atoms with Gasteiger partial charge in [0.15, 0.2) is 5.76 Å². The number of fused-ring (bicyclic) bond motifs is 1. The lowest BCUT2D eigenvalue weighted by molar-refractivity contribution is 0.0925. The Morgan fingerprint density at radius 3 is 2.72 bits per heavy atom. The Morgan fingerprint density at radius 2 is 2.00 bits per heavy atom. The van der Waals surface area contributed by atoms with Gasteiger partial charge in [-0.25, -0.2) is 0 Å². The minimum absolute atomic E-state index is 0.0683. The topological polar surface area (TPSA) is 62.5 Å². The lowest BCUT2D eigenvalue weighted by atomic mass is 10.1. The lowest BCUT2D eigenvalue weighted by Gasteiger charge is -2.00. The van der Waals surface area contributed by atoms with Crippen LogP contribution in [-0.2, 0) is 0 Å². The quantitative estimate of drug-likeness (QED) is 0.814. The summed E-state index contributed by atoms with van der Waals surface area (Å²) in [6, 6.07) is 5.70. The van der Waals surface area contributed by atoms with Gasteiger partial charge in [0, 0.05) is 18.5 Å². The van der Waals surface area contributed by atoms with Gasteiger partial charge < -0.3 is 14.8 Å². The molecule has 1 heterocycles. The van der Waals surface area contributed by atoms with Crippen molar-refractivity contribution >= 4 is 16.9 Å². The van der Waals surface area contributed by atoms with Crippen molar-refractivity contribution in [2.75, 3.05) is 13.2 Å². The van der Waals surface area contributed by atoms with E-state index in [0.717, 1.165) is 16.5 Å². The van der Waals surface area contributed by atoms with Crippen LogP contribution >= 0.6 is 0 Å². The summed E-state index contributed by atoms with van der Waals surface area (Å²) in [5.74, 6) is 0.0721. The third-order valence-corrected chi connectivity index (χ3v) is 2.98. The van der Waals surface area contributed by atoms with E-state index in [2.05, 4.69) is 5.32 Å². The van der Waals surface area contributed by atoms with E-state index in [9.17, 15) is 4.79 Å². The largest absolute Gasteiger partial charge is 0.451 e. The highest BCUT2D eigenvalue weighted by Gasteiger charge is 2.12. The Kier molecular flexibility index (Phi) is 3.67. The summed E-state index contributed by atoms with van der Waals surface area (Å²) < 4.78 is 5.52. The fourth-order valence-corrected chi connectivity index (χ4v) is 1.78. The number of aliphatic hydroxyl groups excluding tert-OH is 1. The summed E-state index contributed by atoms with van der Waals surface area (Å²) in [5, 5.41) is 12.3. The monoisotopic (exact) mass is 247 g/mol. The van der Waals surface area contributed by atoms with Crippen LogP contribution in [-0.4, -0.2) is 24.2 Å². The third-order valence-electron chi connectivity index (χ3n) is 2.98. The van der Waals surface area contributed by atoms with Gasteiger partial charge in [0.05, 0.1) is 0 Å². The Morgan fingerprint density at radius 1 is 1.28 bits per heavy atom. The number of furan rings is 1. The highest BCUT2D eigenvalue weighted by Crippen LogP contribution is 2.23. The molecule has 0 bridgehead atoms. The molecule has 0 saturated carbocycles. The van der Waals surface area contributed by atoms with Crippen molar-refractivity contribution in [3.8, 4) is 0 Å². The molecule has 4 heteroatoms. The minimum atomic E-state index is -0.241. The van der Waals surface area contributed by atoms with Crippen LogP contribution < -0.4 is 5.32 Å². The van der Waals surface area contributed by atoms with Gasteiger partial charge in [0.1, 0.15) is 5.58 Å². The second-order valence-electron chi connectivity index (χ2n) is 4.42. The molecule has 1 aromatic heterocycles. The van der Waals surface area contributed by atoms with Crippen molar-refractivity contribution in [2.45, 2.75) is 20.3 Å². The summed E-state index contributed by atoms with van der Waals surface area (Å²) in [6.45, 7) is 4.56. The number of amides is 1. The van der Waals surface area contributed by atoms with Crippen LogP contribution in [0.4, 0.5) is 0 Å². The number of carbonyl (C=O) groups is 1. The van der Waals surface area contributed by atoms with E-state index in [1.165, 1.54) is 5.56 Å². The van der Waals surface area contributed by atoms with E-state index in [1.54, 1.807) is 6.07 Å². The van der Waals surface area contributed by atoms with Crippen LogP contribution in [0.3, 0.4) is 0 Å². The molecule has 0 unspecified atom stereocenters. The molecule has 2 rings (SSSR count). The van der Waals surface area contributed by atoms with Gasteiger partial charge in [0.2, 0.25) is 0 Å². The van der Waals surface area contributed by atoms with E-state index in [1.807, 2.05) is 26.0 Å². The fourth-order valence-electron chi connectivity index (χ4n) is 1.78. The first kappa shape index (κ1) is 12.6. The van der Waals surface area contributed by atoms with Crippen LogP contribution in [0.2, 0.25) is 0 Å². The van der Waals surface area contributed by atoms with Gasteiger partial charge in [-0.2, -0.15) is 0 Å². The number of aryl methyl sites for hydroxylation is 2. The Labute approximate surface area is 106 Å². The average Bonchev–Trinajstić information content (AvgIpc) is 2.73. The predicted octanol–water partition coefficient (Wildman–Crippen LogP) is 2.16. The SMILES string of the molecule is Cc1cc2cc(C(=O)NCCCO)oc2cc1C. The molecule has 0 fully saturated rings. The van der Waals surface area contributed by atoms with Crippen molar-refractivity contribution in [1.82, 2.24) is 5.32 Å². The molecule has 0 atom stereocenters. The smallest absolute Gasteiger partial charge is 0.287 e. The Hall–Kier alpha value is -1.81. The van der Waals surface area contributed by atoms with Crippen molar-refractivity contribution in [3.05, 3.63) is 35.1 Å². The fraction of sp³-hybridized carbons (Fsp3) is 0.357. The Balaban J connectivity index is 2.22. The molecule has 0 saturated heterocycles. The van der Waals surface area contributed by atoms with Crippen molar-refractivity contribution in [3.63, 3.8) is 0 Å². The summed E-state index contributed by atoms with van der Waals surface area (Å²) in [7, 11) is 0. The number of hydrogen-bond acceptors (Lipinski definition) is 3. The van der Waals surface area contributed by atoms with E-state index >= 15 is 0 Å². The molecule has 96 valence electrons. The normalized spacial score (nSPS) is 10.8. The van der Waals surface area contributed by atoms with Crippen LogP contribution in [0.5, 0.6) is 0 Å². The zero-order valence-corrected chi connectivity index (χ0v) is 10.6. The van der Waals surface area contributed by atoms with E-state index in [-0.39, 0.29) is 12.5 Å². The maximum Gasteiger partial charge on any atom is 0.287 e. The number of rotatable bonds is 4. The lowest BCUT2D eigenvalue weighted by Crippen LogP contribution is -2.24. The van der Waals surface area contributed by atoms with Crippen molar-refractivity contribution in [1.29, 1.82) is 0 Å². The third kappa shape index (κ3) is 2.54. The van der Waals surface area contributed by atoms with Gasteiger partial charge >= 0.3 is 0 Å². The van der Waals surface area contributed by atoms with Crippen LogP contribution in [0.25, 0.3) is 11.0 Å². The second-order valence-corrected chi connectivity index (χ2v) is 4.42. The maximum atomic E-state index is 11.8. The molecular weight excluding hydrogens is 230 g/mol. The van der Waals surface area contributed by atoms with Gasteiger partial charge in [-0.1, -0.05) is 0 Å².